The largest absolute Gasteiger partial charge is 0.398 e. The molecule has 2 N–H and O–H groups in total. The average Bonchev–Trinajstić information content (AvgIpc) is 2.86. The first-order valence-corrected chi connectivity index (χ1v) is 17.4. The SMILES string of the molecule is CCCCCCCCCCCCCCCCCC[N+](C)(C)CC(C)C[SiH2]OC(COCCO)OCCO. The summed E-state index contributed by atoms with van der Waals surface area (Å²) in [7, 11) is 4.00. The lowest BCUT2D eigenvalue weighted by Crippen LogP contribution is -2.44. The quantitative estimate of drug-likeness (QED) is 0.0512. The highest BCUT2D eigenvalue weighted by Gasteiger charge is 2.19. The maximum absolute atomic E-state index is 8.99. The number of ether oxygens (including phenoxy) is 2. The summed E-state index contributed by atoms with van der Waals surface area (Å²) in [5, 5.41) is 17.8. The summed E-state index contributed by atoms with van der Waals surface area (Å²) < 4.78 is 17.9. The van der Waals surface area contributed by atoms with Gasteiger partial charge in [0.05, 0.1) is 60.2 Å². The van der Waals surface area contributed by atoms with Crippen molar-refractivity contribution in [2.45, 2.75) is 129 Å². The van der Waals surface area contributed by atoms with Gasteiger partial charge in [-0.3, -0.25) is 0 Å². The lowest BCUT2D eigenvalue weighted by molar-refractivity contribution is -0.893. The molecule has 0 amide bonds. The van der Waals surface area contributed by atoms with Crippen LogP contribution in [-0.2, 0) is 13.9 Å². The molecule has 0 aromatic carbocycles. The molecular formula is C30H66NO5Si+. The van der Waals surface area contributed by atoms with Crippen molar-refractivity contribution >= 4 is 9.76 Å². The van der Waals surface area contributed by atoms with Crippen molar-refractivity contribution in [2.75, 3.05) is 60.2 Å². The molecule has 0 aliphatic heterocycles. The van der Waals surface area contributed by atoms with Crippen LogP contribution in [0.1, 0.15) is 117 Å². The predicted molar refractivity (Wildman–Crippen MR) is 160 cm³/mol. The second-order valence-electron chi connectivity index (χ2n) is 11.7. The molecule has 0 saturated heterocycles. The number of quaternary nitrogens is 1. The lowest BCUT2D eigenvalue weighted by atomic mass is 10.0. The van der Waals surface area contributed by atoms with Crippen molar-refractivity contribution in [1.82, 2.24) is 0 Å². The molecule has 0 aromatic heterocycles. The van der Waals surface area contributed by atoms with Gasteiger partial charge in [-0.25, -0.2) is 0 Å². The van der Waals surface area contributed by atoms with E-state index in [1.807, 2.05) is 0 Å². The van der Waals surface area contributed by atoms with E-state index in [-0.39, 0.29) is 26.4 Å². The molecule has 224 valence electrons. The number of unbranched alkanes of at least 4 members (excludes halogenated alkanes) is 15. The topological polar surface area (TPSA) is 68.2 Å². The second kappa shape index (κ2) is 27.5. The molecule has 0 radical (unpaired) electrons. The summed E-state index contributed by atoms with van der Waals surface area (Å²) in [5.41, 5.74) is 0. The Morgan fingerprint density at radius 1 is 0.703 bits per heavy atom. The van der Waals surface area contributed by atoms with Crippen LogP contribution in [0.2, 0.25) is 6.04 Å². The molecule has 2 atom stereocenters. The van der Waals surface area contributed by atoms with Gasteiger partial charge in [-0.2, -0.15) is 0 Å². The minimum absolute atomic E-state index is 0.00637. The van der Waals surface area contributed by atoms with Crippen molar-refractivity contribution in [1.29, 1.82) is 0 Å². The van der Waals surface area contributed by atoms with Gasteiger partial charge in [-0.1, -0.05) is 104 Å². The fraction of sp³-hybridized carbons (Fsp3) is 1.00. The van der Waals surface area contributed by atoms with E-state index in [2.05, 4.69) is 27.9 Å². The van der Waals surface area contributed by atoms with E-state index in [0.29, 0.717) is 12.5 Å². The third kappa shape index (κ3) is 27.3. The van der Waals surface area contributed by atoms with Crippen LogP contribution in [-0.4, -0.2) is 91.0 Å². The van der Waals surface area contributed by atoms with E-state index in [4.69, 9.17) is 24.1 Å². The van der Waals surface area contributed by atoms with Crippen LogP contribution in [0.4, 0.5) is 0 Å². The molecule has 0 aliphatic rings. The second-order valence-corrected chi connectivity index (χ2v) is 13.1. The zero-order valence-corrected chi connectivity index (χ0v) is 26.8. The Morgan fingerprint density at radius 3 is 1.68 bits per heavy atom. The van der Waals surface area contributed by atoms with E-state index in [0.717, 1.165) is 10.5 Å². The molecule has 7 heteroatoms. The smallest absolute Gasteiger partial charge is 0.171 e. The monoisotopic (exact) mass is 548 g/mol. The summed E-state index contributed by atoms with van der Waals surface area (Å²) in [5.74, 6) is 0.625. The van der Waals surface area contributed by atoms with Gasteiger partial charge < -0.3 is 28.6 Å². The van der Waals surface area contributed by atoms with Crippen LogP contribution in [0.5, 0.6) is 0 Å². The Labute approximate surface area is 233 Å². The highest BCUT2D eigenvalue weighted by atomic mass is 28.2. The summed E-state index contributed by atoms with van der Waals surface area (Å²) in [6.07, 6.45) is 22.3. The number of hydrogen-bond donors (Lipinski definition) is 2. The van der Waals surface area contributed by atoms with E-state index >= 15 is 0 Å². The summed E-state index contributed by atoms with van der Waals surface area (Å²) in [6.45, 7) is 7.86. The van der Waals surface area contributed by atoms with Crippen LogP contribution in [0.15, 0.2) is 0 Å². The first-order valence-electron chi connectivity index (χ1n) is 15.8. The highest BCUT2D eigenvalue weighted by molar-refractivity contribution is 6.27. The Bertz CT molecular complexity index is 456. The molecule has 37 heavy (non-hydrogen) atoms. The Hall–Kier alpha value is -0.0231. The van der Waals surface area contributed by atoms with Gasteiger partial charge in [0, 0.05) is 5.92 Å². The van der Waals surface area contributed by atoms with Gasteiger partial charge in [0.2, 0.25) is 0 Å². The fourth-order valence-electron chi connectivity index (χ4n) is 5.09. The van der Waals surface area contributed by atoms with E-state index in [1.165, 1.54) is 116 Å². The van der Waals surface area contributed by atoms with Crippen molar-refractivity contribution in [2.24, 2.45) is 5.92 Å². The molecule has 2 unspecified atom stereocenters. The van der Waals surface area contributed by atoms with Crippen LogP contribution < -0.4 is 0 Å². The van der Waals surface area contributed by atoms with Crippen LogP contribution in [0, 0.1) is 5.92 Å². The normalized spacial score (nSPS) is 14.1. The maximum Gasteiger partial charge on any atom is 0.171 e. The minimum Gasteiger partial charge on any atom is -0.398 e. The predicted octanol–water partition coefficient (Wildman–Crippen LogP) is 5.82. The third-order valence-corrected chi connectivity index (χ3v) is 9.05. The number of aliphatic hydroxyl groups is 2. The van der Waals surface area contributed by atoms with Crippen molar-refractivity contribution < 1.29 is 28.6 Å². The molecule has 0 aliphatic carbocycles. The molecule has 0 bridgehead atoms. The van der Waals surface area contributed by atoms with Gasteiger partial charge in [0.15, 0.2) is 16.1 Å². The van der Waals surface area contributed by atoms with Crippen LogP contribution >= 0.6 is 0 Å². The van der Waals surface area contributed by atoms with Crippen molar-refractivity contribution in [3.8, 4) is 0 Å². The number of nitrogens with zero attached hydrogens (tertiary/aromatic N) is 1. The number of hydrogen-bond acceptors (Lipinski definition) is 5. The summed E-state index contributed by atoms with van der Waals surface area (Å²) >= 11 is 0. The standard InChI is InChI=1S/C30H66NO5Si/c1-5-6-7-8-9-10-11-12-13-14-15-16-17-18-19-20-21-31(3,4)26-29(2)28-37-36-30(35-25-23-33)27-34-24-22-32/h29-30,32-33H,5-28,37H2,1-4H3/q+1. The Kier molecular flexibility index (Phi) is 27.5. The summed E-state index contributed by atoms with van der Waals surface area (Å²) in [6, 6.07) is 1.11. The molecule has 6 nitrogen and oxygen atoms in total. The zero-order chi connectivity index (χ0) is 27.5. The third-order valence-electron chi connectivity index (χ3n) is 7.22. The number of rotatable bonds is 30. The lowest BCUT2D eigenvalue weighted by Gasteiger charge is -2.32. The zero-order valence-electron chi connectivity index (χ0n) is 25.4. The molecule has 0 aromatic rings. The summed E-state index contributed by atoms with van der Waals surface area (Å²) in [4.78, 5) is 0. The van der Waals surface area contributed by atoms with Gasteiger partial charge in [-0.15, -0.1) is 0 Å². The van der Waals surface area contributed by atoms with Gasteiger partial charge in [-0.05, 0) is 18.9 Å². The van der Waals surface area contributed by atoms with Gasteiger partial charge in [0.25, 0.3) is 0 Å². The molecule has 0 fully saturated rings. The van der Waals surface area contributed by atoms with E-state index in [9.17, 15) is 0 Å². The molecule has 0 rings (SSSR count). The molecule has 0 heterocycles. The van der Waals surface area contributed by atoms with Gasteiger partial charge in [0.1, 0.15) is 0 Å². The Balaban J connectivity index is 3.66. The minimum atomic E-state index is -0.723. The van der Waals surface area contributed by atoms with Gasteiger partial charge >= 0.3 is 0 Å². The highest BCUT2D eigenvalue weighted by Crippen LogP contribution is 2.15. The molecule has 0 saturated carbocycles. The maximum atomic E-state index is 8.99. The van der Waals surface area contributed by atoms with Crippen molar-refractivity contribution in [3.63, 3.8) is 0 Å². The van der Waals surface area contributed by atoms with Crippen LogP contribution in [0.3, 0.4) is 0 Å². The average molecular weight is 549 g/mol. The van der Waals surface area contributed by atoms with E-state index in [1.54, 1.807) is 0 Å². The Morgan fingerprint density at radius 2 is 1.19 bits per heavy atom. The first kappa shape index (κ1) is 37.0. The van der Waals surface area contributed by atoms with Crippen LogP contribution in [0.25, 0.3) is 0 Å². The molecule has 0 spiro atoms. The fourth-order valence-corrected chi connectivity index (χ4v) is 6.26. The van der Waals surface area contributed by atoms with E-state index < -0.39 is 16.1 Å². The van der Waals surface area contributed by atoms with Crippen molar-refractivity contribution in [3.05, 3.63) is 0 Å². The molecular weight excluding hydrogens is 482 g/mol. The number of aliphatic hydroxyl groups excluding tert-OH is 2. The first-order chi connectivity index (χ1) is 17.9.